The van der Waals surface area contributed by atoms with Crippen LogP contribution in [0.5, 0.6) is 0 Å². The molecule has 1 saturated carbocycles. The number of Topliss-reactive ketones (excluding diaryl/α,β-unsaturated/α-hetero) is 1. The van der Waals surface area contributed by atoms with Gasteiger partial charge < -0.3 is 0 Å². The van der Waals surface area contributed by atoms with E-state index in [4.69, 9.17) is 0 Å². The molecule has 1 heteroatoms. The van der Waals surface area contributed by atoms with E-state index in [-0.39, 0.29) is 5.41 Å². The van der Waals surface area contributed by atoms with E-state index in [1.807, 2.05) is 0 Å². The summed E-state index contributed by atoms with van der Waals surface area (Å²) < 4.78 is 0. The summed E-state index contributed by atoms with van der Waals surface area (Å²) in [5.41, 5.74) is 1.37. The van der Waals surface area contributed by atoms with Crippen LogP contribution in [0.15, 0.2) is 11.6 Å². The summed E-state index contributed by atoms with van der Waals surface area (Å²) in [6.45, 7) is 4.47. The highest BCUT2D eigenvalue weighted by atomic mass is 16.1. The smallest absolute Gasteiger partial charge is 0.158 e. The van der Waals surface area contributed by atoms with E-state index in [1.54, 1.807) is 0 Å². The third-order valence-corrected chi connectivity index (χ3v) is 3.67. The van der Waals surface area contributed by atoms with Gasteiger partial charge in [-0.05, 0) is 42.6 Å². The van der Waals surface area contributed by atoms with Crippen LogP contribution < -0.4 is 0 Å². The molecule has 2 rings (SSSR count). The Morgan fingerprint density at radius 1 is 1.47 bits per heavy atom. The first-order chi connectivity index (χ1) is 7.07. The Kier molecular flexibility index (Phi) is 2.99. The van der Waals surface area contributed by atoms with Crippen molar-refractivity contribution in [3.05, 3.63) is 11.6 Å². The second-order valence-corrected chi connectivity index (χ2v) is 5.92. The molecular weight excluding hydrogens is 184 g/mol. The number of carbonyl (C=O) groups is 1. The van der Waals surface area contributed by atoms with Gasteiger partial charge in [0.25, 0.3) is 0 Å². The molecule has 1 fully saturated rings. The van der Waals surface area contributed by atoms with Crippen molar-refractivity contribution in [3.63, 3.8) is 0 Å². The quantitative estimate of drug-likeness (QED) is 0.682. The van der Waals surface area contributed by atoms with Crippen molar-refractivity contribution in [2.45, 2.75) is 58.8 Å². The van der Waals surface area contributed by atoms with Crippen LogP contribution in [0.3, 0.4) is 0 Å². The minimum Gasteiger partial charge on any atom is -0.295 e. The molecule has 0 amide bonds. The number of carbonyl (C=O) groups excluding carboxylic acids is 1. The number of rotatable bonds is 4. The third-order valence-electron chi connectivity index (χ3n) is 3.67. The second kappa shape index (κ2) is 4.11. The molecule has 2 aliphatic rings. The predicted molar refractivity (Wildman–Crippen MR) is 62.7 cm³/mol. The first-order valence-electron chi connectivity index (χ1n) is 6.32. The van der Waals surface area contributed by atoms with Crippen LogP contribution in [0.4, 0.5) is 0 Å². The molecule has 0 aromatic rings. The molecule has 0 saturated heterocycles. The van der Waals surface area contributed by atoms with Gasteiger partial charge in [0.05, 0.1) is 0 Å². The van der Waals surface area contributed by atoms with E-state index in [1.165, 1.54) is 25.7 Å². The molecule has 0 aromatic carbocycles. The molecule has 1 nitrogen and oxygen atoms in total. The van der Waals surface area contributed by atoms with Gasteiger partial charge in [0, 0.05) is 6.42 Å². The van der Waals surface area contributed by atoms with Crippen molar-refractivity contribution in [1.29, 1.82) is 0 Å². The average Bonchev–Trinajstić information content (AvgIpc) is 2.96. The van der Waals surface area contributed by atoms with Gasteiger partial charge in [-0.15, -0.1) is 0 Å². The summed E-state index contributed by atoms with van der Waals surface area (Å²) in [7, 11) is 0. The molecule has 0 radical (unpaired) electrons. The van der Waals surface area contributed by atoms with E-state index < -0.39 is 0 Å². The maximum Gasteiger partial charge on any atom is 0.158 e. The largest absolute Gasteiger partial charge is 0.295 e. The Morgan fingerprint density at radius 3 is 2.80 bits per heavy atom. The van der Waals surface area contributed by atoms with Crippen molar-refractivity contribution < 1.29 is 4.79 Å². The summed E-state index contributed by atoms with van der Waals surface area (Å²) in [5, 5.41) is 0. The molecule has 0 aromatic heterocycles. The first kappa shape index (κ1) is 10.9. The third kappa shape index (κ3) is 3.19. The minimum absolute atomic E-state index is 0.253. The molecular formula is C14H22O. The van der Waals surface area contributed by atoms with E-state index in [0.717, 1.165) is 30.8 Å². The Hall–Kier alpha value is -0.590. The zero-order valence-electron chi connectivity index (χ0n) is 10.0. The van der Waals surface area contributed by atoms with Gasteiger partial charge in [-0.3, -0.25) is 4.79 Å². The lowest BCUT2D eigenvalue weighted by Gasteiger charge is -2.26. The van der Waals surface area contributed by atoms with Gasteiger partial charge in [-0.1, -0.05) is 32.8 Å². The molecule has 0 unspecified atom stereocenters. The van der Waals surface area contributed by atoms with Gasteiger partial charge in [-0.2, -0.15) is 0 Å². The van der Waals surface area contributed by atoms with Gasteiger partial charge in [-0.25, -0.2) is 0 Å². The fourth-order valence-corrected chi connectivity index (χ4v) is 2.47. The van der Waals surface area contributed by atoms with Crippen LogP contribution in [0.1, 0.15) is 58.8 Å². The lowest BCUT2D eigenvalue weighted by molar-refractivity contribution is -0.116. The summed E-state index contributed by atoms with van der Waals surface area (Å²) in [6, 6.07) is 0. The molecule has 84 valence electrons. The average molecular weight is 206 g/mol. The Morgan fingerprint density at radius 2 is 2.20 bits per heavy atom. The van der Waals surface area contributed by atoms with Crippen molar-refractivity contribution in [3.8, 4) is 0 Å². The maximum atomic E-state index is 11.9. The number of allylic oxidation sites excluding steroid dienone is 2. The van der Waals surface area contributed by atoms with Crippen LogP contribution in [-0.2, 0) is 4.79 Å². The van der Waals surface area contributed by atoms with Crippen molar-refractivity contribution in [2.24, 2.45) is 11.3 Å². The highest BCUT2D eigenvalue weighted by Crippen LogP contribution is 2.36. The molecule has 0 spiro atoms. The molecule has 15 heavy (non-hydrogen) atoms. The second-order valence-electron chi connectivity index (χ2n) is 5.92. The number of hydrogen-bond acceptors (Lipinski definition) is 1. The Bertz CT molecular complexity index is 282. The molecule has 0 bridgehead atoms. The molecule has 0 heterocycles. The van der Waals surface area contributed by atoms with Gasteiger partial charge >= 0.3 is 0 Å². The van der Waals surface area contributed by atoms with E-state index >= 15 is 0 Å². The number of ketones is 1. The monoisotopic (exact) mass is 206 g/mol. The topological polar surface area (TPSA) is 17.1 Å². The molecule has 0 N–H and O–H groups in total. The lowest BCUT2D eigenvalue weighted by Crippen LogP contribution is -2.17. The summed E-state index contributed by atoms with van der Waals surface area (Å²) in [4.78, 5) is 11.9. The zero-order chi connectivity index (χ0) is 10.9. The Labute approximate surface area is 92.9 Å². The first-order valence-corrected chi connectivity index (χ1v) is 6.32. The van der Waals surface area contributed by atoms with Crippen LogP contribution >= 0.6 is 0 Å². The van der Waals surface area contributed by atoms with Gasteiger partial charge in [0.1, 0.15) is 0 Å². The standard InChI is InChI=1S/C14H22O/c1-14(2)9-3-4-12(10-14)13(15)8-7-11-5-6-11/h10-11H,3-9H2,1-2H3. The van der Waals surface area contributed by atoms with Gasteiger partial charge in [0.15, 0.2) is 5.78 Å². The predicted octanol–water partition coefficient (Wildman–Crippen LogP) is 3.88. The van der Waals surface area contributed by atoms with Crippen molar-refractivity contribution >= 4 is 5.78 Å². The number of hydrogen-bond donors (Lipinski definition) is 0. The lowest BCUT2D eigenvalue weighted by atomic mass is 9.78. The summed E-state index contributed by atoms with van der Waals surface area (Å²) in [6.07, 6.45) is 10.3. The fraction of sp³-hybridized carbons (Fsp3) is 0.786. The van der Waals surface area contributed by atoms with Crippen molar-refractivity contribution in [2.75, 3.05) is 0 Å². The normalized spacial score (nSPS) is 24.8. The van der Waals surface area contributed by atoms with Crippen LogP contribution in [-0.4, -0.2) is 5.78 Å². The summed E-state index contributed by atoms with van der Waals surface area (Å²) >= 11 is 0. The van der Waals surface area contributed by atoms with Crippen LogP contribution in [0.25, 0.3) is 0 Å². The summed E-state index contributed by atoms with van der Waals surface area (Å²) in [5.74, 6) is 1.31. The minimum atomic E-state index is 0.253. The van der Waals surface area contributed by atoms with Crippen LogP contribution in [0, 0.1) is 11.3 Å². The highest BCUT2D eigenvalue weighted by Gasteiger charge is 2.26. The van der Waals surface area contributed by atoms with E-state index in [9.17, 15) is 4.79 Å². The Balaban J connectivity index is 1.90. The molecule has 0 aliphatic heterocycles. The molecule has 2 aliphatic carbocycles. The van der Waals surface area contributed by atoms with E-state index in [2.05, 4.69) is 19.9 Å². The van der Waals surface area contributed by atoms with E-state index in [0.29, 0.717) is 5.78 Å². The van der Waals surface area contributed by atoms with Crippen molar-refractivity contribution in [1.82, 2.24) is 0 Å². The van der Waals surface area contributed by atoms with Crippen LogP contribution in [0.2, 0.25) is 0 Å². The zero-order valence-corrected chi connectivity index (χ0v) is 10.0. The molecule has 0 atom stereocenters. The highest BCUT2D eigenvalue weighted by molar-refractivity contribution is 5.95. The van der Waals surface area contributed by atoms with Gasteiger partial charge in [0.2, 0.25) is 0 Å². The maximum absolute atomic E-state index is 11.9. The fourth-order valence-electron chi connectivity index (χ4n) is 2.47. The SMILES string of the molecule is CC1(C)C=C(C(=O)CCC2CC2)CCC1.